The molecule has 1 heterocycles. The summed E-state index contributed by atoms with van der Waals surface area (Å²) in [5.41, 5.74) is 1.98. The minimum atomic E-state index is -0.00528. The maximum absolute atomic E-state index is 5.20. The fraction of sp³-hybridized carbons (Fsp3) is 0.300. The Kier molecular flexibility index (Phi) is 2.56. The summed E-state index contributed by atoms with van der Waals surface area (Å²) in [6.07, 6.45) is -0.00528. The van der Waals surface area contributed by atoms with Crippen molar-refractivity contribution in [2.75, 3.05) is 7.11 Å². The average molecular weight is 255 g/mol. The fourth-order valence-electron chi connectivity index (χ4n) is 1.32. The van der Waals surface area contributed by atoms with E-state index in [0.29, 0.717) is 0 Å². The number of halogens is 1. The van der Waals surface area contributed by atoms with Crippen LogP contribution in [0, 0.1) is 0 Å². The van der Waals surface area contributed by atoms with Crippen LogP contribution in [-0.4, -0.2) is 17.1 Å². The Hall–Kier alpha value is -0.870. The van der Waals surface area contributed by atoms with E-state index >= 15 is 0 Å². The number of fused-ring (bicyclic) bond motifs is 1. The van der Waals surface area contributed by atoms with Gasteiger partial charge in [0.25, 0.3) is 0 Å². The average Bonchev–Trinajstić information content (AvgIpc) is 2.62. The van der Waals surface area contributed by atoms with Crippen LogP contribution in [-0.2, 0) is 4.74 Å². The predicted molar refractivity (Wildman–Crippen MR) is 59.2 cm³/mol. The molecule has 4 heteroatoms. The molecule has 2 aromatic rings. The monoisotopic (exact) mass is 254 g/mol. The van der Waals surface area contributed by atoms with E-state index in [1.165, 1.54) is 0 Å². The van der Waals surface area contributed by atoms with E-state index in [4.69, 9.17) is 4.74 Å². The molecule has 0 spiro atoms. The Morgan fingerprint density at radius 2 is 2.29 bits per heavy atom. The summed E-state index contributed by atoms with van der Waals surface area (Å²) in [5.74, 6) is 0.856. The number of ether oxygens (including phenoxy) is 1. The van der Waals surface area contributed by atoms with Crippen LogP contribution in [0.15, 0.2) is 22.7 Å². The van der Waals surface area contributed by atoms with E-state index in [1.54, 1.807) is 7.11 Å². The molecule has 3 nitrogen and oxygen atoms in total. The SMILES string of the molecule is COC(C)c1nc2c(Br)cccc2[nH]1. The number of nitrogens with one attached hydrogen (secondary N) is 1. The van der Waals surface area contributed by atoms with Crippen molar-refractivity contribution in [3.8, 4) is 0 Å². The van der Waals surface area contributed by atoms with Crippen LogP contribution >= 0.6 is 15.9 Å². The van der Waals surface area contributed by atoms with Gasteiger partial charge in [-0.2, -0.15) is 0 Å². The van der Waals surface area contributed by atoms with Crippen molar-refractivity contribution >= 4 is 27.0 Å². The molecular weight excluding hydrogens is 244 g/mol. The maximum atomic E-state index is 5.20. The van der Waals surface area contributed by atoms with E-state index in [2.05, 4.69) is 25.9 Å². The van der Waals surface area contributed by atoms with Crippen LogP contribution in [0.5, 0.6) is 0 Å². The highest BCUT2D eigenvalue weighted by Gasteiger charge is 2.10. The Balaban J connectivity index is 2.56. The lowest BCUT2D eigenvalue weighted by atomic mass is 10.3. The third kappa shape index (κ3) is 1.55. The normalized spacial score (nSPS) is 13.4. The van der Waals surface area contributed by atoms with Gasteiger partial charge in [-0.05, 0) is 35.0 Å². The summed E-state index contributed by atoms with van der Waals surface area (Å²) < 4.78 is 6.20. The molecule has 0 fully saturated rings. The molecule has 0 saturated heterocycles. The second kappa shape index (κ2) is 3.71. The summed E-state index contributed by atoms with van der Waals surface area (Å²) >= 11 is 3.46. The zero-order valence-electron chi connectivity index (χ0n) is 8.04. The summed E-state index contributed by atoms with van der Waals surface area (Å²) in [7, 11) is 1.67. The van der Waals surface area contributed by atoms with Gasteiger partial charge in [0.2, 0.25) is 0 Å². The standard InChI is InChI=1S/C10H11BrN2O/c1-6(14-2)10-12-8-5-3-4-7(11)9(8)13-10/h3-6H,1-2H3,(H,12,13). The third-order valence-corrected chi connectivity index (χ3v) is 2.86. The molecule has 1 atom stereocenters. The number of methoxy groups -OCH3 is 1. The Morgan fingerprint density at radius 3 is 2.93 bits per heavy atom. The summed E-state index contributed by atoms with van der Waals surface area (Å²) in [6.45, 7) is 1.96. The van der Waals surface area contributed by atoms with Gasteiger partial charge in [0.15, 0.2) is 0 Å². The number of H-pyrrole nitrogens is 1. The first-order valence-electron chi connectivity index (χ1n) is 4.39. The van der Waals surface area contributed by atoms with Crippen LogP contribution in [0.25, 0.3) is 11.0 Å². The molecule has 0 aliphatic rings. The minimum absolute atomic E-state index is 0.00528. The largest absolute Gasteiger partial charge is 0.374 e. The summed E-state index contributed by atoms with van der Waals surface area (Å²) in [4.78, 5) is 7.68. The van der Waals surface area contributed by atoms with Crippen LogP contribution in [0.3, 0.4) is 0 Å². The third-order valence-electron chi connectivity index (χ3n) is 2.22. The molecule has 1 aromatic heterocycles. The number of aromatic nitrogens is 2. The maximum Gasteiger partial charge on any atom is 0.136 e. The first kappa shape index (κ1) is 9.68. The molecule has 0 aliphatic heterocycles. The van der Waals surface area contributed by atoms with Gasteiger partial charge >= 0.3 is 0 Å². The highest BCUT2D eigenvalue weighted by molar-refractivity contribution is 9.10. The first-order valence-corrected chi connectivity index (χ1v) is 5.18. The Morgan fingerprint density at radius 1 is 1.50 bits per heavy atom. The molecule has 74 valence electrons. The lowest BCUT2D eigenvalue weighted by Gasteiger charge is -2.03. The highest BCUT2D eigenvalue weighted by Crippen LogP contribution is 2.24. The molecule has 0 bridgehead atoms. The predicted octanol–water partition coefficient (Wildman–Crippen LogP) is 3.03. The van der Waals surface area contributed by atoms with Crippen molar-refractivity contribution in [3.05, 3.63) is 28.5 Å². The minimum Gasteiger partial charge on any atom is -0.374 e. The second-order valence-corrected chi connectivity index (χ2v) is 3.99. The molecule has 0 radical (unpaired) electrons. The van der Waals surface area contributed by atoms with Crippen LogP contribution in [0.1, 0.15) is 18.9 Å². The van der Waals surface area contributed by atoms with E-state index in [1.807, 2.05) is 25.1 Å². The van der Waals surface area contributed by atoms with Gasteiger partial charge in [-0.15, -0.1) is 0 Å². The molecule has 0 saturated carbocycles. The lowest BCUT2D eigenvalue weighted by Crippen LogP contribution is -1.97. The van der Waals surface area contributed by atoms with Gasteiger partial charge in [0.05, 0.1) is 5.52 Å². The van der Waals surface area contributed by atoms with Gasteiger partial charge < -0.3 is 9.72 Å². The number of para-hydroxylation sites is 1. The second-order valence-electron chi connectivity index (χ2n) is 3.14. The van der Waals surface area contributed by atoms with E-state index in [9.17, 15) is 0 Å². The molecule has 1 unspecified atom stereocenters. The van der Waals surface area contributed by atoms with Gasteiger partial charge in [-0.25, -0.2) is 4.98 Å². The van der Waals surface area contributed by atoms with Crippen molar-refractivity contribution in [1.29, 1.82) is 0 Å². The van der Waals surface area contributed by atoms with Gasteiger partial charge in [-0.3, -0.25) is 0 Å². The zero-order valence-corrected chi connectivity index (χ0v) is 9.63. The van der Waals surface area contributed by atoms with Gasteiger partial charge in [-0.1, -0.05) is 6.07 Å². The van der Waals surface area contributed by atoms with E-state index < -0.39 is 0 Å². The van der Waals surface area contributed by atoms with Crippen molar-refractivity contribution in [1.82, 2.24) is 9.97 Å². The van der Waals surface area contributed by atoms with Gasteiger partial charge in [0, 0.05) is 11.6 Å². The van der Waals surface area contributed by atoms with Crippen molar-refractivity contribution in [2.24, 2.45) is 0 Å². The lowest BCUT2D eigenvalue weighted by molar-refractivity contribution is 0.113. The highest BCUT2D eigenvalue weighted by atomic mass is 79.9. The molecule has 14 heavy (non-hydrogen) atoms. The van der Waals surface area contributed by atoms with Crippen LogP contribution in [0.4, 0.5) is 0 Å². The quantitative estimate of drug-likeness (QED) is 0.895. The van der Waals surface area contributed by atoms with Crippen LogP contribution < -0.4 is 0 Å². The molecule has 1 N–H and O–H groups in total. The molecule has 0 amide bonds. The number of imidazole rings is 1. The van der Waals surface area contributed by atoms with Crippen LogP contribution in [0.2, 0.25) is 0 Å². The fourth-order valence-corrected chi connectivity index (χ4v) is 1.78. The van der Waals surface area contributed by atoms with Gasteiger partial charge in [0.1, 0.15) is 17.4 Å². The van der Waals surface area contributed by atoms with Crippen molar-refractivity contribution in [3.63, 3.8) is 0 Å². The Labute approximate surface area is 90.6 Å². The molecule has 1 aromatic carbocycles. The van der Waals surface area contributed by atoms with Crippen molar-refractivity contribution in [2.45, 2.75) is 13.0 Å². The number of nitrogens with zero attached hydrogens (tertiary/aromatic N) is 1. The molecular formula is C10H11BrN2O. The number of rotatable bonds is 2. The summed E-state index contributed by atoms with van der Waals surface area (Å²) in [6, 6.07) is 5.95. The molecule has 0 aliphatic carbocycles. The van der Waals surface area contributed by atoms with E-state index in [-0.39, 0.29) is 6.10 Å². The number of hydrogen-bond donors (Lipinski definition) is 1. The van der Waals surface area contributed by atoms with E-state index in [0.717, 1.165) is 21.3 Å². The first-order chi connectivity index (χ1) is 6.72. The Bertz CT molecular complexity index is 452. The number of hydrogen-bond acceptors (Lipinski definition) is 2. The van der Waals surface area contributed by atoms with Crippen molar-refractivity contribution < 1.29 is 4.74 Å². The number of benzene rings is 1. The summed E-state index contributed by atoms with van der Waals surface area (Å²) in [5, 5.41) is 0. The smallest absolute Gasteiger partial charge is 0.136 e. The number of aromatic amines is 1. The topological polar surface area (TPSA) is 37.9 Å². The zero-order chi connectivity index (χ0) is 10.1. The molecule has 2 rings (SSSR count).